The van der Waals surface area contributed by atoms with Gasteiger partial charge in [0.05, 0.1) is 12.8 Å². The maximum atomic E-state index is 4.99. The molecule has 17 heavy (non-hydrogen) atoms. The highest BCUT2D eigenvalue weighted by atomic mass is 16.6. The van der Waals surface area contributed by atoms with Gasteiger partial charge in [-0.2, -0.15) is 5.11 Å². The van der Waals surface area contributed by atoms with Gasteiger partial charge in [0.25, 0.3) is 0 Å². The maximum absolute atomic E-state index is 4.99. The SMILES string of the molecule is COc1onc(C)c1N=Nc1ccc(C)cc1. The molecule has 0 amide bonds. The predicted octanol–water partition coefficient (Wildman–Crippen LogP) is 3.72. The van der Waals surface area contributed by atoms with Crippen LogP contribution in [0.5, 0.6) is 5.95 Å². The Balaban J connectivity index is 2.25. The van der Waals surface area contributed by atoms with Gasteiger partial charge < -0.3 is 9.26 Å². The molecule has 0 fully saturated rings. The van der Waals surface area contributed by atoms with Gasteiger partial charge in [0.15, 0.2) is 5.69 Å². The molecule has 2 aromatic rings. The minimum absolute atomic E-state index is 0.276. The molecule has 0 saturated heterocycles. The van der Waals surface area contributed by atoms with Gasteiger partial charge in [0.1, 0.15) is 5.69 Å². The molecule has 0 saturated carbocycles. The molecule has 0 aliphatic heterocycles. The second kappa shape index (κ2) is 4.78. The van der Waals surface area contributed by atoms with Crippen LogP contribution in [-0.2, 0) is 0 Å². The number of methoxy groups -OCH3 is 1. The van der Waals surface area contributed by atoms with E-state index < -0.39 is 0 Å². The lowest BCUT2D eigenvalue weighted by molar-refractivity contribution is 0.260. The normalized spacial score (nSPS) is 11.0. The van der Waals surface area contributed by atoms with E-state index in [4.69, 9.17) is 9.26 Å². The smallest absolute Gasteiger partial charge is 0.339 e. The first kappa shape index (κ1) is 11.3. The minimum atomic E-state index is 0.276. The lowest BCUT2D eigenvalue weighted by Gasteiger charge is -1.94. The van der Waals surface area contributed by atoms with Crippen LogP contribution in [0.25, 0.3) is 0 Å². The molecule has 1 heterocycles. The topological polar surface area (TPSA) is 60.0 Å². The van der Waals surface area contributed by atoms with Gasteiger partial charge in [-0.1, -0.05) is 22.9 Å². The number of hydrogen-bond donors (Lipinski definition) is 0. The van der Waals surface area contributed by atoms with Crippen molar-refractivity contribution in [1.29, 1.82) is 0 Å². The van der Waals surface area contributed by atoms with E-state index in [9.17, 15) is 0 Å². The third-order valence-electron chi connectivity index (χ3n) is 2.29. The molecule has 0 N–H and O–H groups in total. The Morgan fingerprint density at radius 2 is 1.82 bits per heavy atom. The Hall–Kier alpha value is -2.17. The van der Waals surface area contributed by atoms with Gasteiger partial charge in [-0.3, -0.25) is 0 Å². The Labute approximate surface area is 99.1 Å². The number of nitrogens with zero attached hydrogens (tertiary/aromatic N) is 3. The number of hydrogen-bond acceptors (Lipinski definition) is 5. The van der Waals surface area contributed by atoms with E-state index in [1.54, 1.807) is 6.92 Å². The van der Waals surface area contributed by atoms with E-state index in [0.717, 1.165) is 5.69 Å². The van der Waals surface area contributed by atoms with E-state index in [1.807, 2.05) is 31.2 Å². The van der Waals surface area contributed by atoms with Crippen molar-refractivity contribution in [3.63, 3.8) is 0 Å². The van der Waals surface area contributed by atoms with Crippen molar-refractivity contribution in [2.24, 2.45) is 10.2 Å². The van der Waals surface area contributed by atoms with Crippen LogP contribution < -0.4 is 4.74 Å². The average Bonchev–Trinajstić information content (AvgIpc) is 2.69. The van der Waals surface area contributed by atoms with Crippen molar-refractivity contribution in [1.82, 2.24) is 5.16 Å². The van der Waals surface area contributed by atoms with E-state index >= 15 is 0 Å². The summed E-state index contributed by atoms with van der Waals surface area (Å²) in [4.78, 5) is 0. The van der Waals surface area contributed by atoms with Crippen LogP contribution in [0, 0.1) is 13.8 Å². The van der Waals surface area contributed by atoms with Crippen molar-refractivity contribution < 1.29 is 9.26 Å². The molecular formula is C12H13N3O2. The number of ether oxygens (including phenoxy) is 1. The quantitative estimate of drug-likeness (QED) is 0.756. The highest BCUT2D eigenvalue weighted by molar-refractivity contribution is 5.49. The molecular weight excluding hydrogens is 218 g/mol. The summed E-state index contributed by atoms with van der Waals surface area (Å²) in [7, 11) is 1.50. The fourth-order valence-corrected chi connectivity index (χ4v) is 1.31. The molecule has 1 aromatic carbocycles. The number of azo groups is 1. The van der Waals surface area contributed by atoms with Crippen LogP contribution in [0.2, 0.25) is 0 Å². The first-order valence-corrected chi connectivity index (χ1v) is 5.19. The lowest BCUT2D eigenvalue weighted by atomic mass is 10.2. The monoisotopic (exact) mass is 231 g/mol. The molecule has 0 aliphatic carbocycles. The zero-order chi connectivity index (χ0) is 12.3. The summed E-state index contributed by atoms with van der Waals surface area (Å²) in [6.45, 7) is 3.81. The highest BCUT2D eigenvalue weighted by Crippen LogP contribution is 2.32. The fourth-order valence-electron chi connectivity index (χ4n) is 1.31. The van der Waals surface area contributed by atoms with Gasteiger partial charge >= 0.3 is 5.95 Å². The van der Waals surface area contributed by atoms with Gasteiger partial charge in [-0.15, -0.1) is 5.11 Å². The predicted molar refractivity (Wildman–Crippen MR) is 63.1 cm³/mol. The number of aryl methyl sites for hydroxylation is 2. The largest absolute Gasteiger partial charge is 0.465 e. The Kier molecular flexibility index (Phi) is 3.18. The molecule has 5 nitrogen and oxygen atoms in total. The minimum Gasteiger partial charge on any atom is -0.465 e. The molecule has 0 bridgehead atoms. The summed E-state index contributed by atoms with van der Waals surface area (Å²) in [6, 6.07) is 7.75. The van der Waals surface area contributed by atoms with Crippen molar-refractivity contribution >= 4 is 11.4 Å². The van der Waals surface area contributed by atoms with Crippen molar-refractivity contribution in [2.75, 3.05) is 7.11 Å². The summed E-state index contributed by atoms with van der Waals surface area (Å²) >= 11 is 0. The second-order valence-electron chi connectivity index (χ2n) is 3.64. The second-order valence-corrected chi connectivity index (χ2v) is 3.64. The summed E-state index contributed by atoms with van der Waals surface area (Å²) in [5, 5.41) is 11.9. The van der Waals surface area contributed by atoms with Crippen LogP contribution >= 0.6 is 0 Å². The van der Waals surface area contributed by atoms with Gasteiger partial charge in [0, 0.05) is 0 Å². The summed E-state index contributed by atoms with van der Waals surface area (Å²) in [6.07, 6.45) is 0. The molecule has 1 aromatic heterocycles. The number of benzene rings is 1. The standard InChI is InChI=1S/C12H13N3O2/c1-8-4-6-10(7-5-8)13-14-11-9(2)15-17-12(11)16-3/h4-7H,1-3H3. The van der Waals surface area contributed by atoms with Crippen molar-refractivity contribution in [3.05, 3.63) is 35.5 Å². The van der Waals surface area contributed by atoms with Crippen LogP contribution in [0.1, 0.15) is 11.3 Å². The Morgan fingerprint density at radius 3 is 2.47 bits per heavy atom. The number of rotatable bonds is 3. The third kappa shape index (κ3) is 2.50. The summed E-state index contributed by atoms with van der Waals surface area (Å²) in [5.74, 6) is 0.276. The molecule has 5 heteroatoms. The van der Waals surface area contributed by atoms with E-state index in [-0.39, 0.29) is 5.95 Å². The molecule has 0 aliphatic rings. The lowest BCUT2D eigenvalue weighted by Crippen LogP contribution is -1.78. The molecule has 0 atom stereocenters. The first-order chi connectivity index (χ1) is 8.20. The van der Waals surface area contributed by atoms with Gasteiger partial charge in [-0.05, 0) is 26.0 Å². The fraction of sp³-hybridized carbons (Fsp3) is 0.250. The summed E-state index contributed by atoms with van der Waals surface area (Å²) in [5.41, 5.74) is 3.13. The Bertz CT molecular complexity index is 529. The molecule has 88 valence electrons. The van der Waals surface area contributed by atoms with Crippen LogP contribution in [0.15, 0.2) is 39.0 Å². The van der Waals surface area contributed by atoms with Crippen molar-refractivity contribution in [2.45, 2.75) is 13.8 Å². The van der Waals surface area contributed by atoms with Crippen LogP contribution in [0.4, 0.5) is 11.4 Å². The molecule has 2 rings (SSSR count). The maximum Gasteiger partial charge on any atom is 0.339 e. The van der Waals surface area contributed by atoms with E-state index in [0.29, 0.717) is 11.4 Å². The van der Waals surface area contributed by atoms with E-state index in [1.165, 1.54) is 12.7 Å². The van der Waals surface area contributed by atoms with Gasteiger partial charge in [-0.25, -0.2) is 0 Å². The Morgan fingerprint density at radius 1 is 1.12 bits per heavy atom. The molecule has 0 radical (unpaired) electrons. The number of aromatic nitrogens is 1. The zero-order valence-electron chi connectivity index (χ0n) is 9.97. The summed E-state index contributed by atoms with van der Waals surface area (Å²) < 4.78 is 9.92. The molecule has 0 spiro atoms. The highest BCUT2D eigenvalue weighted by Gasteiger charge is 2.12. The molecule has 0 unspecified atom stereocenters. The first-order valence-electron chi connectivity index (χ1n) is 5.19. The van der Waals surface area contributed by atoms with Crippen molar-refractivity contribution in [3.8, 4) is 5.95 Å². The van der Waals surface area contributed by atoms with Crippen LogP contribution in [0.3, 0.4) is 0 Å². The third-order valence-corrected chi connectivity index (χ3v) is 2.29. The van der Waals surface area contributed by atoms with Crippen LogP contribution in [-0.4, -0.2) is 12.3 Å². The van der Waals surface area contributed by atoms with E-state index in [2.05, 4.69) is 15.4 Å². The zero-order valence-corrected chi connectivity index (χ0v) is 9.97. The average molecular weight is 231 g/mol. The van der Waals surface area contributed by atoms with Gasteiger partial charge in [0.2, 0.25) is 0 Å².